The summed E-state index contributed by atoms with van der Waals surface area (Å²) in [5.41, 5.74) is 2.37. The number of amides is 2. The maximum atomic E-state index is 12.9. The number of benzene rings is 1. The summed E-state index contributed by atoms with van der Waals surface area (Å²) < 4.78 is 12.9. The molecule has 0 aliphatic carbocycles. The highest BCUT2D eigenvalue weighted by Crippen LogP contribution is 2.33. The van der Waals surface area contributed by atoms with Crippen molar-refractivity contribution in [1.29, 1.82) is 0 Å². The molecule has 1 aromatic heterocycles. The Balaban J connectivity index is 1.76. The molecule has 2 heterocycles. The van der Waals surface area contributed by atoms with Crippen LogP contribution in [0.25, 0.3) is 0 Å². The maximum absolute atomic E-state index is 12.9. The summed E-state index contributed by atoms with van der Waals surface area (Å²) in [4.78, 5) is 18.2. The van der Waals surface area contributed by atoms with Gasteiger partial charge >= 0.3 is 6.03 Å². The van der Waals surface area contributed by atoms with Gasteiger partial charge in [-0.15, -0.1) is 0 Å². The van der Waals surface area contributed by atoms with E-state index in [4.69, 9.17) is 0 Å². The van der Waals surface area contributed by atoms with E-state index < -0.39 is 5.82 Å². The van der Waals surface area contributed by atoms with Gasteiger partial charge in [-0.2, -0.15) is 0 Å². The molecule has 0 bridgehead atoms. The van der Waals surface area contributed by atoms with E-state index in [0.29, 0.717) is 12.4 Å². The molecule has 22 heavy (non-hydrogen) atoms. The molecule has 2 amide bonds. The molecule has 1 aromatic carbocycles. The minimum atomic E-state index is -0.419. The van der Waals surface area contributed by atoms with Gasteiger partial charge in [-0.1, -0.05) is 24.3 Å². The summed E-state index contributed by atoms with van der Waals surface area (Å²) in [6, 6.07) is 10.8. The lowest BCUT2D eigenvalue weighted by Crippen LogP contribution is -2.34. The lowest BCUT2D eigenvalue weighted by atomic mass is 9.99. The molecular weight excluding hydrogens is 281 g/mol. The lowest BCUT2D eigenvalue weighted by Gasteiger charge is -2.26. The van der Waals surface area contributed by atoms with Gasteiger partial charge < -0.3 is 4.90 Å². The number of anilines is 1. The number of nitrogens with zero attached hydrogens (tertiary/aromatic N) is 2. The molecule has 0 saturated carbocycles. The zero-order valence-electron chi connectivity index (χ0n) is 12.4. The van der Waals surface area contributed by atoms with Gasteiger partial charge in [0.2, 0.25) is 0 Å². The molecule has 1 aliphatic rings. The topological polar surface area (TPSA) is 45.2 Å². The second-order valence-electron chi connectivity index (χ2n) is 5.50. The van der Waals surface area contributed by atoms with E-state index in [0.717, 1.165) is 19.0 Å². The van der Waals surface area contributed by atoms with Crippen LogP contribution in [0.3, 0.4) is 0 Å². The van der Waals surface area contributed by atoms with E-state index in [1.165, 1.54) is 23.3 Å². The SMILES string of the molecule is Cc1ccccc1C1CCCN1C(=O)Nc1ccc(F)cn1. The summed E-state index contributed by atoms with van der Waals surface area (Å²) in [6.07, 6.45) is 3.02. The molecule has 2 aromatic rings. The minimum absolute atomic E-state index is 0.0849. The number of rotatable bonds is 2. The first-order chi connectivity index (χ1) is 10.6. The number of carbonyl (C=O) groups is 1. The number of aryl methyl sites for hydroxylation is 1. The predicted octanol–water partition coefficient (Wildman–Crippen LogP) is 3.90. The Bertz CT molecular complexity index is 672. The zero-order chi connectivity index (χ0) is 15.5. The quantitative estimate of drug-likeness (QED) is 0.914. The Morgan fingerprint density at radius 3 is 2.86 bits per heavy atom. The molecule has 4 nitrogen and oxygen atoms in total. The van der Waals surface area contributed by atoms with Gasteiger partial charge in [-0.3, -0.25) is 5.32 Å². The van der Waals surface area contributed by atoms with Gasteiger partial charge in [0.25, 0.3) is 0 Å². The third-order valence-corrected chi connectivity index (χ3v) is 4.02. The number of likely N-dealkylation sites (tertiary alicyclic amines) is 1. The van der Waals surface area contributed by atoms with Gasteiger partial charge in [0.05, 0.1) is 12.2 Å². The highest BCUT2D eigenvalue weighted by molar-refractivity contribution is 5.88. The first kappa shape index (κ1) is 14.5. The van der Waals surface area contributed by atoms with Crippen LogP contribution in [-0.2, 0) is 0 Å². The summed E-state index contributed by atoms with van der Waals surface area (Å²) in [5, 5.41) is 2.74. The zero-order valence-corrected chi connectivity index (χ0v) is 12.4. The third kappa shape index (κ3) is 2.93. The van der Waals surface area contributed by atoms with E-state index in [-0.39, 0.29) is 12.1 Å². The van der Waals surface area contributed by atoms with Crippen LogP contribution in [0.5, 0.6) is 0 Å². The number of hydrogen-bond acceptors (Lipinski definition) is 2. The molecule has 1 atom stereocenters. The Labute approximate surface area is 129 Å². The first-order valence-corrected chi connectivity index (χ1v) is 7.40. The van der Waals surface area contributed by atoms with Crippen molar-refractivity contribution in [2.45, 2.75) is 25.8 Å². The predicted molar refractivity (Wildman–Crippen MR) is 83.1 cm³/mol. The Morgan fingerprint density at radius 1 is 1.32 bits per heavy atom. The van der Waals surface area contributed by atoms with Gasteiger partial charge in [0.1, 0.15) is 11.6 Å². The number of halogens is 1. The Hall–Kier alpha value is -2.43. The molecule has 1 aliphatic heterocycles. The van der Waals surface area contributed by atoms with E-state index in [9.17, 15) is 9.18 Å². The Morgan fingerprint density at radius 2 is 2.14 bits per heavy atom. The van der Waals surface area contributed by atoms with Crippen molar-refractivity contribution in [3.8, 4) is 0 Å². The fourth-order valence-corrected chi connectivity index (χ4v) is 2.92. The number of carbonyl (C=O) groups excluding carboxylic acids is 1. The van der Waals surface area contributed by atoms with E-state index in [1.807, 2.05) is 17.0 Å². The minimum Gasteiger partial charge on any atom is -0.317 e. The van der Waals surface area contributed by atoms with E-state index in [2.05, 4.69) is 29.4 Å². The molecule has 5 heteroatoms. The standard InChI is InChI=1S/C17H18FN3O/c1-12-5-2-3-6-14(12)15-7-4-10-21(15)17(22)20-16-9-8-13(18)11-19-16/h2-3,5-6,8-9,11,15H,4,7,10H2,1H3,(H,19,20,22). The largest absolute Gasteiger partial charge is 0.323 e. The lowest BCUT2D eigenvalue weighted by molar-refractivity contribution is 0.207. The average Bonchev–Trinajstić information content (AvgIpc) is 2.99. The molecule has 0 spiro atoms. The normalized spacial score (nSPS) is 17.5. The number of urea groups is 1. The van der Waals surface area contributed by atoms with Gasteiger partial charge in [0, 0.05) is 6.54 Å². The molecule has 1 N–H and O–H groups in total. The van der Waals surface area contributed by atoms with Gasteiger partial charge in [-0.05, 0) is 43.0 Å². The third-order valence-electron chi connectivity index (χ3n) is 4.02. The Kier molecular flexibility index (Phi) is 4.04. The molecule has 1 unspecified atom stereocenters. The summed E-state index contributed by atoms with van der Waals surface area (Å²) in [6.45, 7) is 2.78. The molecule has 0 radical (unpaired) electrons. The fraction of sp³-hybridized carbons (Fsp3) is 0.294. The van der Waals surface area contributed by atoms with Crippen molar-refractivity contribution in [2.24, 2.45) is 0 Å². The second-order valence-corrected chi connectivity index (χ2v) is 5.50. The fourth-order valence-electron chi connectivity index (χ4n) is 2.92. The maximum Gasteiger partial charge on any atom is 0.323 e. The van der Waals surface area contributed by atoms with Crippen LogP contribution < -0.4 is 5.32 Å². The van der Waals surface area contributed by atoms with Crippen molar-refractivity contribution in [3.63, 3.8) is 0 Å². The molecular formula is C17H18FN3O. The summed E-state index contributed by atoms with van der Waals surface area (Å²) in [5.74, 6) is -0.0567. The van der Waals surface area contributed by atoms with Crippen LogP contribution in [0.1, 0.15) is 30.0 Å². The number of pyridine rings is 1. The van der Waals surface area contributed by atoms with Crippen molar-refractivity contribution in [3.05, 3.63) is 59.5 Å². The molecule has 1 fully saturated rings. The smallest absolute Gasteiger partial charge is 0.317 e. The highest BCUT2D eigenvalue weighted by Gasteiger charge is 2.30. The second kappa shape index (κ2) is 6.13. The average molecular weight is 299 g/mol. The highest BCUT2D eigenvalue weighted by atomic mass is 19.1. The van der Waals surface area contributed by atoms with Crippen LogP contribution in [0.15, 0.2) is 42.6 Å². The van der Waals surface area contributed by atoms with Crippen molar-refractivity contribution in [1.82, 2.24) is 9.88 Å². The van der Waals surface area contributed by atoms with Crippen LogP contribution in [0.2, 0.25) is 0 Å². The van der Waals surface area contributed by atoms with Crippen LogP contribution in [0, 0.1) is 12.7 Å². The number of nitrogens with one attached hydrogen (secondary N) is 1. The van der Waals surface area contributed by atoms with Crippen LogP contribution in [0.4, 0.5) is 15.0 Å². The van der Waals surface area contributed by atoms with Crippen molar-refractivity contribution < 1.29 is 9.18 Å². The first-order valence-electron chi connectivity index (χ1n) is 7.40. The molecule has 3 rings (SSSR count). The van der Waals surface area contributed by atoms with Crippen LogP contribution >= 0.6 is 0 Å². The summed E-state index contributed by atoms with van der Waals surface area (Å²) in [7, 11) is 0. The number of aromatic nitrogens is 1. The summed E-state index contributed by atoms with van der Waals surface area (Å²) >= 11 is 0. The molecule has 114 valence electrons. The monoisotopic (exact) mass is 299 g/mol. The van der Waals surface area contributed by atoms with E-state index in [1.54, 1.807) is 0 Å². The van der Waals surface area contributed by atoms with Crippen molar-refractivity contribution in [2.75, 3.05) is 11.9 Å². The van der Waals surface area contributed by atoms with Gasteiger partial charge in [-0.25, -0.2) is 14.2 Å². The van der Waals surface area contributed by atoms with Gasteiger partial charge in [0.15, 0.2) is 0 Å². The van der Waals surface area contributed by atoms with Crippen molar-refractivity contribution >= 4 is 11.8 Å². The van der Waals surface area contributed by atoms with E-state index >= 15 is 0 Å². The van der Waals surface area contributed by atoms with Crippen LogP contribution in [-0.4, -0.2) is 22.5 Å². The number of hydrogen-bond donors (Lipinski definition) is 1. The molecule has 1 saturated heterocycles.